The molecule has 1 aromatic carbocycles. The van der Waals surface area contributed by atoms with Crippen LogP contribution in [-0.2, 0) is 4.74 Å². The highest BCUT2D eigenvalue weighted by Crippen LogP contribution is 2.25. The Bertz CT molecular complexity index is 896. The van der Waals surface area contributed by atoms with E-state index in [4.69, 9.17) is 4.74 Å². The van der Waals surface area contributed by atoms with Crippen molar-refractivity contribution in [3.63, 3.8) is 0 Å². The predicted octanol–water partition coefficient (Wildman–Crippen LogP) is 3.83. The van der Waals surface area contributed by atoms with E-state index in [2.05, 4.69) is 42.6 Å². The van der Waals surface area contributed by atoms with Crippen molar-refractivity contribution in [1.29, 1.82) is 5.26 Å². The maximum absolute atomic E-state index is 11.7. The Morgan fingerprint density at radius 1 is 1.44 bits per heavy atom. The number of anilines is 3. The Morgan fingerprint density at radius 3 is 3.00 bits per heavy atom. The van der Waals surface area contributed by atoms with Crippen LogP contribution in [0.5, 0.6) is 0 Å². The number of nitrogens with zero attached hydrogens (tertiary/aromatic N) is 3. The Balaban J connectivity index is 1.80. The van der Waals surface area contributed by atoms with E-state index in [0.29, 0.717) is 42.7 Å². The fourth-order valence-electron chi connectivity index (χ4n) is 2.86. The largest absolute Gasteiger partial charge is 0.379 e. The molecule has 1 fully saturated rings. The molecule has 2 N–H and O–H groups in total. The fraction of sp³-hybridized carbons (Fsp3) is 0.368. The van der Waals surface area contributed by atoms with E-state index in [1.54, 1.807) is 12.3 Å². The van der Waals surface area contributed by atoms with Gasteiger partial charge in [-0.05, 0) is 38.5 Å². The number of ether oxygens (including phenoxy) is 1. The summed E-state index contributed by atoms with van der Waals surface area (Å²) in [5.74, 6) is 0.920. The van der Waals surface area contributed by atoms with E-state index in [0.717, 1.165) is 10.0 Å². The van der Waals surface area contributed by atoms with Crippen LogP contribution in [0.2, 0.25) is 0 Å². The summed E-state index contributed by atoms with van der Waals surface area (Å²) < 4.78 is 6.23. The van der Waals surface area contributed by atoms with E-state index in [1.165, 1.54) is 6.92 Å². The number of rotatable bonds is 5. The number of nitriles is 1. The molecule has 8 heteroatoms. The van der Waals surface area contributed by atoms with Crippen LogP contribution >= 0.6 is 15.9 Å². The van der Waals surface area contributed by atoms with Gasteiger partial charge in [0, 0.05) is 34.1 Å². The topological polar surface area (TPSA) is 99.9 Å². The molecule has 0 aliphatic carbocycles. The lowest BCUT2D eigenvalue weighted by molar-refractivity contribution is 0.0698. The van der Waals surface area contributed by atoms with Crippen LogP contribution in [0.4, 0.5) is 17.5 Å². The minimum Gasteiger partial charge on any atom is -0.379 e. The van der Waals surface area contributed by atoms with Crippen molar-refractivity contribution in [3.05, 3.63) is 40.0 Å². The number of hydrogen-bond donors (Lipinski definition) is 2. The molecule has 3 rings (SSSR count). The summed E-state index contributed by atoms with van der Waals surface area (Å²) in [7, 11) is 0. The summed E-state index contributed by atoms with van der Waals surface area (Å²) in [6.45, 7) is 4.50. The van der Waals surface area contributed by atoms with E-state index in [-0.39, 0.29) is 17.7 Å². The molecule has 7 nitrogen and oxygen atoms in total. The van der Waals surface area contributed by atoms with E-state index in [1.807, 2.05) is 19.1 Å². The number of nitrogens with one attached hydrogen (secondary N) is 2. The third-order valence-electron chi connectivity index (χ3n) is 4.42. The first-order valence-electron chi connectivity index (χ1n) is 8.63. The summed E-state index contributed by atoms with van der Waals surface area (Å²) in [5, 5.41) is 15.8. The van der Waals surface area contributed by atoms with Crippen molar-refractivity contribution < 1.29 is 9.53 Å². The average Bonchev–Trinajstić information content (AvgIpc) is 2.66. The molecular weight excluding hydrogens is 410 g/mol. The number of carbonyl (C=O) groups is 1. The quantitative estimate of drug-likeness (QED) is 0.696. The van der Waals surface area contributed by atoms with Crippen molar-refractivity contribution in [1.82, 2.24) is 9.97 Å². The predicted molar refractivity (Wildman–Crippen MR) is 106 cm³/mol. The number of carbonyl (C=O) groups excluding carboxylic acids is 1. The van der Waals surface area contributed by atoms with Gasteiger partial charge in [0.1, 0.15) is 5.82 Å². The van der Waals surface area contributed by atoms with Crippen molar-refractivity contribution in [2.45, 2.75) is 26.3 Å². The lowest BCUT2D eigenvalue weighted by atomic mass is 9.96. The van der Waals surface area contributed by atoms with Crippen molar-refractivity contribution >= 4 is 39.2 Å². The highest BCUT2D eigenvalue weighted by Gasteiger charge is 2.26. The second kappa shape index (κ2) is 8.46. The van der Waals surface area contributed by atoms with Gasteiger partial charge in [-0.25, -0.2) is 4.98 Å². The van der Waals surface area contributed by atoms with Gasteiger partial charge in [0.15, 0.2) is 5.78 Å². The summed E-state index contributed by atoms with van der Waals surface area (Å²) in [5.41, 5.74) is 2.18. The molecule has 0 amide bonds. The summed E-state index contributed by atoms with van der Waals surface area (Å²) >= 11 is 3.38. The van der Waals surface area contributed by atoms with Crippen LogP contribution in [0, 0.1) is 24.2 Å². The zero-order valence-corrected chi connectivity index (χ0v) is 16.7. The zero-order chi connectivity index (χ0) is 19.4. The third kappa shape index (κ3) is 4.62. The maximum atomic E-state index is 11.7. The van der Waals surface area contributed by atoms with Crippen LogP contribution < -0.4 is 10.6 Å². The molecule has 0 bridgehead atoms. The third-order valence-corrected chi connectivity index (χ3v) is 5.11. The first-order valence-corrected chi connectivity index (χ1v) is 9.42. The van der Waals surface area contributed by atoms with Gasteiger partial charge in [-0.2, -0.15) is 10.2 Å². The maximum Gasteiger partial charge on any atom is 0.229 e. The molecule has 140 valence electrons. The first kappa shape index (κ1) is 19.3. The number of aryl methyl sites for hydroxylation is 1. The monoisotopic (exact) mass is 429 g/mol. The molecule has 1 saturated heterocycles. The smallest absolute Gasteiger partial charge is 0.229 e. The first-order chi connectivity index (χ1) is 13.0. The molecule has 0 radical (unpaired) electrons. The normalized spacial score (nSPS) is 19.2. The lowest BCUT2D eigenvalue weighted by Crippen LogP contribution is -2.38. The second-order valence-electron chi connectivity index (χ2n) is 6.45. The van der Waals surface area contributed by atoms with Crippen molar-refractivity contribution in [2.75, 3.05) is 23.8 Å². The zero-order valence-electron chi connectivity index (χ0n) is 15.1. The highest BCUT2D eigenvalue weighted by atomic mass is 79.9. The summed E-state index contributed by atoms with van der Waals surface area (Å²) in [4.78, 5) is 20.6. The molecule has 0 spiro atoms. The average molecular weight is 430 g/mol. The number of aromatic nitrogens is 2. The molecule has 27 heavy (non-hydrogen) atoms. The van der Waals surface area contributed by atoms with Crippen LogP contribution in [0.25, 0.3) is 0 Å². The molecular formula is C19H20BrN5O2. The Kier molecular flexibility index (Phi) is 6.04. The molecule has 2 aromatic rings. The van der Waals surface area contributed by atoms with Crippen molar-refractivity contribution in [2.24, 2.45) is 5.92 Å². The van der Waals surface area contributed by atoms with Gasteiger partial charge < -0.3 is 15.4 Å². The second-order valence-corrected chi connectivity index (χ2v) is 7.31. The summed E-state index contributed by atoms with van der Waals surface area (Å²) in [6.07, 6.45) is 2.42. The molecule has 1 aliphatic rings. The number of hydrogen-bond acceptors (Lipinski definition) is 7. The SMILES string of the molecule is CC(=O)c1cc(Nc2ncc(C)c(NC3COCCC3C#N)n2)ccc1Br. The molecule has 2 atom stereocenters. The molecule has 0 saturated carbocycles. The number of benzene rings is 1. The van der Waals surface area contributed by atoms with Crippen LogP contribution in [0.1, 0.15) is 29.3 Å². The Morgan fingerprint density at radius 2 is 2.26 bits per heavy atom. The van der Waals surface area contributed by atoms with Gasteiger partial charge >= 0.3 is 0 Å². The minimum absolute atomic E-state index is 0.0300. The number of ketones is 1. The standard InChI is InChI=1S/C19H20BrN5O2/c1-11-9-22-19(23-14-3-4-16(20)15(7-14)12(2)26)25-18(11)24-17-10-27-6-5-13(17)8-21/h3-4,7,9,13,17H,5-6,10H2,1-2H3,(H2,22,23,24,25). The van der Waals surface area contributed by atoms with Crippen molar-refractivity contribution in [3.8, 4) is 6.07 Å². The highest BCUT2D eigenvalue weighted by molar-refractivity contribution is 9.10. The summed E-state index contributed by atoms with van der Waals surface area (Å²) in [6, 6.07) is 7.63. The van der Waals surface area contributed by atoms with Gasteiger partial charge in [0.25, 0.3) is 0 Å². The minimum atomic E-state index is -0.117. The van der Waals surface area contributed by atoms with E-state index >= 15 is 0 Å². The van der Waals surface area contributed by atoms with E-state index in [9.17, 15) is 10.1 Å². The molecule has 2 heterocycles. The van der Waals surface area contributed by atoms with Crippen LogP contribution in [-0.4, -0.2) is 35.0 Å². The van der Waals surface area contributed by atoms with Gasteiger partial charge in [-0.15, -0.1) is 0 Å². The fourth-order valence-corrected chi connectivity index (χ4v) is 3.39. The van der Waals surface area contributed by atoms with Gasteiger partial charge in [0.2, 0.25) is 5.95 Å². The van der Waals surface area contributed by atoms with E-state index < -0.39 is 0 Å². The molecule has 2 unspecified atom stereocenters. The van der Waals surface area contributed by atoms with Crippen LogP contribution in [0.3, 0.4) is 0 Å². The van der Waals surface area contributed by atoms with Gasteiger partial charge in [-0.3, -0.25) is 4.79 Å². The van der Waals surface area contributed by atoms with Gasteiger partial charge in [0.05, 0.1) is 24.6 Å². The van der Waals surface area contributed by atoms with Gasteiger partial charge in [-0.1, -0.05) is 15.9 Å². The van der Waals surface area contributed by atoms with Crippen LogP contribution in [0.15, 0.2) is 28.9 Å². The lowest BCUT2D eigenvalue weighted by Gasteiger charge is -2.28. The Labute approximate surface area is 166 Å². The molecule has 1 aromatic heterocycles. The number of halogens is 1. The molecule has 1 aliphatic heterocycles. The Hall–Kier alpha value is -2.50. The number of Topliss-reactive ketones (excluding diaryl/α,β-unsaturated/α-hetero) is 1.